The highest BCUT2D eigenvalue weighted by Gasteiger charge is 2.52. The number of rotatable bonds is 2. The Morgan fingerprint density at radius 2 is 1.59 bits per heavy atom. The second-order valence-electron chi connectivity index (χ2n) is 6.54. The van der Waals surface area contributed by atoms with Gasteiger partial charge in [0.15, 0.2) is 0 Å². The first-order valence-corrected chi connectivity index (χ1v) is 7.37. The molecule has 0 N–H and O–H groups in total. The van der Waals surface area contributed by atoms with Crippen molar-refractivity contribution in [1.82, 2.24) is 4.98 Å². The predicted octanol–water partition coefficient (Wildman–Crippen LogP) is 3.19. The Labute approximate surface area is 130 Å². The van der Waals surface area contributed by atoms with E-state index in [4.69, 9.17) is 9.31 Å². The zero-order chi connectivity index (χ0) is 16.0. The summed E-state index contributed by atoms with van der Waals surface area (Å²) < 4.78 is 25.7. The van der Waals surface area contributed by atoms with Gasteiger partial charge in [0.05, 0.1) is 16.8 Å². The lowest BCUT2D eigenvalue weighted by Gasteiger charge is -2.32. The molecule has 22 heavy (non-hydrogen) atoms. The Hall–Kier alpha value is -1.72. The summed E-state index contributed by atoms with van der Waals surface area (Å²) in [7, 11) is -0.500. The van der Waals surface area contributed by atoms with Crippen LogP contribution in [0, 0.1) is 5.82 Å². The van der Waals surface area contributed by atoms with Crippen LogP contribution in [0.3, 0.4) is 0 Å². The number of hydrogen-bond acceptors (Lipinski definition) is 3. The monoisotopic (exact) mass is 299 g/mol. The van der Waals surface area contributed by atoms with Crippen LogP contribution in [-0.2, 0) is 9.31 Å². The Bertz CT molecular complexity index is 669. The van der Waals surface area contributed by atoms with Crippen molar-refractivity contribution in [1.29, 1.82) is 0 Å². The number of pyridine rings is 1. The van der Waals surface area contributed by atoms with Crippen molar-refractivity contribution in [3.63, 3.8) is 0 Å². The average molecular weight is 299 g/mol. The van der Waals surface area contributed by atoms with Crippen LogP contribution in [0.4, 0.5) is 4.39 Å². The summed E-state index contributed by atoms with van der Waals surface area (Å²) in [5.74, 6) is -0.257. The van der Waals surface area contributed by atoms with Crippen molar-refractivity contribution in [3.8, 4) is 11.1 Å². The van der Waals surface area contributed by atoms with Gasteiger partial charge in [-0.25, -0.2) is 4.39 Å². The summed E-state index contributed by atoms with van der Waals surface area (Å²) in [6, 6.07) is 10.3. The average Bonchev–Trinajstić information content (AvgIpc) is 2.68. The zero-order valence-electron chi connectivity index (χ0n) is 13.3. The van der Waals surface area contributed by atoms with E-state index in [9.17, 15) is 4.39 Å². The highest BCUT2D eigenvalue weighted by Crippen LogP contribution is 2.36. The molecule has 1 saturated heterocycles. The molecule has 0 bridgehead atoms. The van der Waals surface area contributed by atoms with E-state index in [-0.39, 0.29) is 5.82 Å². The van der Waals surface area contributed by atoms with Gasteiger partial charge < -0.3 is 9.31 Å². The molecule has 0 atom stereocenters. The van der Waals surface area contributed by atoms with E-state index < -0.39 is 18.3 Å². The van der Waals surface area contributed by atoms with E-state index in [1.807, 2.05) is 39.8 Å². The minimum Gasteiger partial charge on any atom is -0.398 e. The minimum absolute atomic E-state index is 0.257. The summed E-state index contributed by atoms with van der Waals surface area (Å²) in [6.07, 6.45) is 1.65. The van der Waals surface area contributed by atoms with Gasteiger partial charge in [-0.2, -0.15) is 0 Å². The van der Waals surface area contributed by atoms with Gasteiger partial charge in [-0.15, -0.1) is 0 Å². The number of hydrogen-bond donors (Lipinski definition) is 0. The fourth-order valence-corrected chi connectivity index (χ4v) is 2.36. The van der Waals surface area contributed by atoms with E-state index in [1.54, 1.807) is 24.4 Å². The molecule has 1 fully saturated rings. The second-order valence-corrected chi connectivity index (χ2v) is 6.54. The number of aromatic nitrogens is 1. The van der Waals surface area contributed by atoms with Gasteiger partial charge in [0.25, 0.3) is 0 Å². The van der Waals surface area contributed by atoms with Gasteiger partial charge in [-0.3, -0.25) is 4.98 Å². The van der Waals surface area contributed by atoms with Crippen LogP contribution in [0.15, 0.2) is 42.6 Å². The smallest absolute Gasteiger partial charge is 0.398 e. The zero-order valence-corrected chi connectivity index (χ0v) is 13.3. The molecule has 0 spiro atoms. The number of halogens is 1. The van der Waals surface area contributed by atoms with Gasteiger partial charge in [0.2, 0.25) is 0 Å². The molecule has 114 valence electrons. The maximum atomic E-state index is 13.8. The Morgan fingerprint density at radius 1 is 0.955 bits per heavy atom. The molecule has 1 aliphatic rings. The largest absolute Gasteiger partial charge is 0.514 e. The second kappa shape index (κ2) is 5.18. The van der Waals surface area contributed by atoms with Crippen molar-refractivity contribution < 1.29 is 13.7 Å². The molecule has 2 heterocycles. The third-order valence-corrected chi connectivity index (χ3v) is 4.47. The Kier molecular flexibility index (Phi) is 3.58. The lowest BCUT2D eigenvalue weighted by Crippen LogP contribution is -2.41. The molecule has 0 radical (unpaired) electrons. The van der Waals surface area contributed by atoms with E-state index in [0.717, 1.165) is 5.56 Å². The molecule has 2 aromatic rings. The van der Waals surface area contributed by atoms with Crippen molar-refractivity contribution in [2.45, 2.75) is 38.9 Å². The normalized spacial score (nSPS) is 19.4. The lowest BCUT2D eigenvalue weighted by molar-refractivity contribution is 0.00578. The SMILES string of the molecule is CC1(C)OB(c2ccc(-c3ccccc3F)cn2)OC1(C)C. The van der Waals surface area contributed by atoms with E-state index >= 15 is 0 Å². The fraction of sp³-hybridized carbons (Fsp3) is 0.353. The Morgan fingerprint density at radius 3 is 2.14 bits per heavy atom. The van der Waals surface area contributed by atoms with E-state index in [1.165, 1.54) is 6.07 Å². The van der Waals surface area contributed by atoms with Crippen LogP contribution < -0.4 is 5.59 Å². The molecule has 0 aliphatic carbocycles. The highest BCUT2D eigenvalue weighted by atomic mass is 19.1. The highest BCUT2D eigenvalue weighted by molar-refractivity contribution is 6.61. The molecular formula is C17H19BFNO2. The van der Waals surface area contributed by atoms with Crippen LogP contribution in [0.5, 0.6) is 0 Å². The van der Waals surface area contributed by atoms with Gasteiger partial charge in [-0.1, -0.05) is 24.3 Å². The molecule has 5 heteroatoms. The quantitative estimate of drug-likeness (QED) is 0.798. The molecule has 3 nitrogen and oxygen atoms in total. The summed E-state index contributed by atoms with van der Waals surface area (Å²) in [5.41, 5.74) is 1.17. The first-order valence-electron chi connectivity index (χ1n) is 7.37. The number of nitrogens with zero attached hydrogens (tertiary/aromatic N) is 1. The predicted molar refractivity (Wildman–Crippen MR) is 85.3 cm³/mol. The first-order chi connectivity index (χ1) is 10.3. The first kappa shape index (κ1) is 15.2. The van der Waals surface area contributed by atoms with Crippen LogP contribution >= 0.6 is 0 Å². The molecule has 3 rings (SSSR count). The van der Waals surface area contributed by atoms with Crippen molar-refractivity contribution in [2.24, 2.45) is 0 Å². The third-order valence-electron chi connectivity index (χ3n) is 4.47. The van der Waals surface area contributed by atoms with Crippen molar-refractivity contribution in [3.05, 3.63) is 48.4 Å². The van der Waals surface area contributed by atoms with Gasteiger partial charge in [0, 0.05) is 17.3 Å². The summed E-state index contributed by atoms with van der Waals surface area (Å²) in [6.45, 7) is 8.00. The van der Waals surface area contributed by atoms with E-state index in [2.05, 4.69) is 4.98 Å². The third kappa shape index (κ3) is 2.55. The molecule has 1 aliphatic heterocycles. The van der Waals surface area contributed by atoms with Crippen LogP contribution in [0.1, 0.15) is 27.7 Å². The summed E-state index contributed by atoms with van der Waals surface area (Å²) in [5, 5.41) is 0. The van der Waals surface area contributed by atoms with Gasteiger partial charge in [0.1, 0.15) is 5.82 Å². The van der Waals surface area contributed by atoms with Crippen LogP contribution in [0.2, 0.25) is 0 Å². The van der Waals surface area contributed by atoms with E-state index in [0.29, 0.717) is 11.2 Å². The van der Waals surface area contributed by atoms with Gasteiger partial charge >= 0.3 is 7.12 Å². The van der Waals surface area contributed by atoms with Crippen molar-refractivity contribution in [2.75, 3.05) is 0 Å². The fourth-order valence-electron chi connectivity index (χ4n) is 2.36. The van der Waals surface area contributed by atoms with Crippen LogP contribution in [0.25, 0.3) is 11.1 Å². The minimum atomic E-state index is -0.500. The standard InChI is InChI=1S/C17H19BFNO2/c1-16(2)17(3,4)22-18(21-16)15-10-9-12(11-20-15)13-7-5-6-8-14(13)19/h5-11H,1-4H3. The molecule has 1 aromatic heterocycles. The molecule has 0 unspecified atom stereocenters. The lowest BCUT2D eigenvalue weighted by atomic mass is 9.84. The number of benzene rings is 1. The molecule has 0 saturated carbocycles. The topological polar surface area (TPSA) is 31.4 Å². The van der Waals surface area contributed by atoms with Crippen LogP contribution in [-0.4, -0.2) is 23.3 Å². The molecule has 1 aromatic carbocycles. The molecular weight excluding hydrogens is 280 g/mol. The maximum Gasteiger partial charge on any atom is 0.514 e. The Balaban J connectivity index is 1.86. The summed E-state index contributed by atoms with van der Waals surface area (Å²) in [4.78, 5) is 4.39. The summed E-state index contributed by atoms with van der Waals surface area (Å²) >= 11 is 0. The molecule has 0 amide bonds. The van der Waals surface area contributed by atoms with Gasteiger partial charge in [-0.05, 0) is 39.8 Å². The van der Waals surface area contributed by atoms with Crippen molar-refractivity contribution >= 4 is 12.7 Å². The maximum absolute atomic E-state index is 13.8.